The predicted octanol–water partition coefficient (Wildman–Crippen LogP) is 8.98. The lowest BCUT2D eigenvalue weighted by molar-refractivity contribution is 0.353. The highest BCUT2D eigenvalue weighted by atomic mass is 32.3. The molecule has 3 nitrogen and oxygen atoms in total. The van der Waals surface area contributed by atoms with Crippen LogP contribution >= 0.6 is 10.3 Å². The molecule has 1 aromatic rings. The first-order chi connectivity index (χ1) is 17.7. The Morgan fingerprint density at radius 3 is 1.03 bits per heavy atom. The maximum atomic E-state index is 14.8. The molecular formula is C27H39F5O3S2. The molecule has 0 amide bonds. The van der Waals surface area contributed by atoms with Crippen molar-refractivity contribution in [1.29, 1.82) is 0 Å². The highest BCUT2D eigenvalue weighted by Gasteiger charge is 2.51. The quantitative estimate of drug-likeness (QED) is 0.148. The Hall–Kier alpha value is -0.870. The molecule has 212 valence electrons. The van der Waals surface area contributed by atoms with Gasteiger partial charge in [0.05, 0.1) is 0 Å². The molecule has 0 spiro atoms. The maximum Gasteiger partial charge on any atom is 0.312 e. The normalized spacial score (nSPS) is 22.8. The number of rotatable bonds is 6. The average molecular weight is 571 g/mol. The molecule has 3 fully saturated rings. The van der Waals surface area contributed by atoms with Crippen LogP contribution in [-0.4, -0.2) is 24.2 Å². The summed E-state index contributed by atoms with van der Waals surface area (Å²) in [5.74, 6) is -11.6. The smallest absolute Gasteiger partial charge is 0.215 e. The van der Waals surface area contributed by atoms with Crippen LogP contribution in [0.15, 0.2) is 4.90 Å². The summed E-state index contributed by atoms with van der Waals surface area (Å²) >= 11 is 0. The van der Waals surface area contributed by atoms with Crippen LogP contribution in [-0.2, 0) is 13.7 Å². The zero-order valence-electron chi connectivity index (χ0n) is 21.4. The molecule has 0 aliphatic heterocycles. The van der Waals surface area contributed by atoms with Gasteiger partial charge in [-0.05, 0) is 38.5 Å². The Kier molecular flexibility index (Phi) is 9.87. The van der Waals surface area contributed by atoms with E-state index in [-0.39, 0.29) is 15.7 Å². The second-order valence-electron chi connectivity index (χ2n) is 11.0. The fourth-order valence-electron chi connectivity index (χ4n) is 6.81. The van der Waals surface area contributed by atoms with Crippen molar-refractivity contribution in [2.75, 3.05) is 0 Å². The number of halogens is 5. The molecule has 10 heteroatoms. The zero-order valence-corrected chi connectivity index (χ0v) is 23.0. The van der Waals surface area contributed by atoms with E-state index in [1.54, 1.807) is 0 Å². The predicted molar refractivity (Wildman–Crippen MR) is 137 cm³/mol. The zero-order chi connectivity index (χ0) is 26.6. The van der Waals surface area contributed by atoms with E-state index < -0.39 is 54.4 Å². The molecule has 0 atom stereocenters. The van der Waals surface area contributed by atoms with Gasteiger partial charge in [0.2, 0.25) is 5.82 Å². The van der Waals surface area contributed by atoms with Crippen molar-refractivity contribution in [1.82, 2.24) is 0 Å². The Morgan fingerprint density at radius 1 is 0.459 bits per heavy atom. The van der Waals surface area contributed by atoms with Crippen LogP contribution in [0.2, 0.25) is 0 Å². The molecular weight excluding hydrogens is 531 g/mol. The van der Waals surface area contributed by atoms with Gasteiger partial charge >= 0.3 is 10.1 Å². The molecule has 0 heterocycles. The van der Waals surface area contributed by atoms with Crippen molar-refractivity contribution in [3.8, 4) is 0 Å². The Bertz CT molecular complexity index is 946. The monoisotopic (exact) mass is 570 g/mol. The van der Waals surface area contributed by atoms with Gasteiger partial charge in [0.25, 0.3) is 0 Å². The third-order valence-electron chi connectivity index (χ3n) is 8.60. The van der Waals surface area contributed by atoms with Crippen molar-refractivity contribution in [2.24, 2.45) is 0 Å². The fraction of sp³-hybridized carbons (Fsp3) is 0.778. The van der Waals surface area contributed by atoms with E-state index >= 15 is 0 Å². The highest BCUT2D eigenvalue weighted by Crippen LogP contribution is 2.70. The molecule has 3 aliphatic carbocycles. The van der Waals surface area contributed by atoms with Gasteiger partial charge < -0.3 is 0 Å². The first-order valence-electron chi connectivity index (χ1n) is 14.0. The molecule has 3 aliphatic rings. The van der Waals surface area contributed by atoms with Crippen LogP contribution in [0.1, 0.15) is 116 Å². The molecule has 4 rings (SSSR count). The number of hydrogen-bond donors (Lipinski definition) is 0. The standard InChI is InChI=1S/C27H39F5O3S2/c28-22-23(29)25(31)27(26(32)24(22)30)37(33,34)35-36(19-13-7-1-2-8-14-19,20-15-9-3-4-10-16-20)21-17-11-5-6-12-18-21/h19-21H,1-18H2. The molecule has 37 heavy (non-hydrogen) atoms. The molecule has 0 saturated heterocycles. The summed E-state index contributed by atoms with van der Waals surface area (Å²) < 4.78 is 105. The minimum Gasteiger partial charge on any atom is -0.215 e. The first kappa shape index (κ1) is 29.1. The molecule has 3 saturated carbocycles. The summed E-state index contributed by atoms with van der Waals surface area (Å²) in [7, 11) is -7.79. The molecule has 1 aromatic carbocycles. The average Bonchev–Trinajstić information content (AvgIpc) is 3.42. The Balaban J connectivity index is 1.89. The van der Waals surface area contributed by atoms with Crippen LogP contribution < -0.4 is 0 Å². The number of hydrogen-bond acceptors (Lipinski definition) is 3. The van der Waals surface area contributed by atoms with E-state index in [2.05, 4.69) is 0 Å². The van der Waals surface area contributed by atoms with Gasteiger partial charge in [0.15, 0.2) is 28.2 Å². The van der Waals surface area contributed by atoms with Gasteiger partial charge in [-0.25, -0.2) is 25.6 Å². The highest BCUT2D eigenvalue weighted by molar-refractivity contribution is 8.34. The van der Waals surface area contributed by atoms with Crippen LogP contribution in [0.3, 0.4) is 0 Å². The van der Waals surface area contributed by atoms with E-state index in [1.165, 1.54) is 0 Å². The Labute approximate surface area is 219 Å². The summed E-state index contributed by atoms with van der Waals surface area (Å²) in [5.41, 5.74) is 0. The van der Waals surface area contributed by atoms with Crippen molar-refractivity contribution >= 4 is 20.4 Å². The lowest BCUT2D eigenvalue weighted by atomic mass is 10.2. The summed E-state index contributed by atoms with van der Waals surface area (Å²) in [6.07, 6.45) is 16.4. The van der Waals surface area contributed by atoms with Gasteiger partial charge in [-0.2, -0.15) is 8.42 Å². The minimum atomic E-state index is -5.28. The Morgan fingerprint density at radius 2 is 0.730 bits per heavy atom. The molecule has 0 aromatic heterocycles. The van der Waals surface area contributed by atoms with E-state index in [9.17, 15) is 30.4 Å². The van der Waals surface area contributed by atoms with Gasteiger partial charge in [0.1, 0.15) is 0 Å². The summed E-state index contributed by atoms with van der Waals surface area (Å²) in [6, 6.07) is 0. The van der Waals surface area contributed by atoms with E-state index in [1.807, 2.05) is 0 Å². The number of benzene rings is 1. The van der Waals surface area contributed by atoms with Gasteiger partial charge in [0, 0.05) is 15.7 Å². The van der Waals surface area contributed by atoms with Gasteiger partial charge in [-0.1, -0.05) is 77.0 Å². The first-order valence-corrected chi connectivity index (χ1v) is 17.1. The topological polar surface area (TPSA) is 43.4 Å². The maximum absolute atomic E-state index is 14.8. The summed E-state index contributed by atoms with van der Waals surface area (Å²) in [5, 5.41) is -0.216. The van der Waals surface area contributed by atoms with Crippen molar-refractivity contribution in [2.45, 2.75) is 136 Å². The summed E-state index contributed by atoms with van der Waals surface area (Å²) in [6.45, 7) is 0. The van der Waals surface area contributed by atoms with Crippen molar-refractivity contribution < 1.29 is 34.0 Å². The van der Waals surface area contributed by atoms with Crippen LogP contribution in [0.4, 0.5) is 22.0 Å². The molecule has 0 radical (unpaired) electrons. The summed E-state index contributed by atoms with van der Waals surface area (Å²) in [4.78, 5) is -1.84. The second-order valence-corrected chi connectivity index (χ2v) is 16.2. The minimum absolute atomic E-state index is 0.0720. The van der Waals surface area contributed by atoms with E-state index in [4.69, 9.17) is 3.63 Å². The molecule has 0 N–H and O–H groups in total. The lowest BCUT2D eigenvalue weighted by Gasteiger charge is -2.55. The largest absolute Gasteiger partial charge is 0.312 e. The van der Waals surface area contributed by atoms with Gasteiger partial charge in [-0.3, -0.25) is 0 Å². The third kappa shape index (κ3) is 6.01. The van der Waals surface area contributed by atoms with Gasteiger partial charge in [-0.15, -0.1) is 10.3 Å². The lowest BCUT2D eigenvalue weighted by Crippen LogP contribution is -2.40. The van der Waals surface area contributed by atoms with Crippen LogP contribution in [0.25, 0.3) is 0 Å². The fourth-order valence-corrected chi connectivity index (χ4v) is 15.1. The SMILES string of the molecule is O=S(=O)(OS(C1CCCCCC1)(C1CCCCCC1)C1CCCCCC1)c1c(F)c(F)c(F)c(F)c1F. The van der Waals surface area contributed by atoms with Crippen molar-refractivity contribution in [3.05, 3.63) is 29.1 Å². The third-order valence-corrected chi connectivity index (χ3v) is 15.7. The molecule has 0 unspecified atom stereocenters. The van der Waals surface area contributed by atoms with Crippen LogP contribution in [0, 0.1) is 29.1 Å². The van der Waals surface area contributed by atoms with Crippen LogP contribution in [0.5, 0.6) is 0 Å². The van der Waals surface area contributed by atoms with Crippen molar-refractivity contribution in [3.63, 3.8) is 0 Å². The molecule has 0 bridgehead atoms. The van der Waals surface area contributed by atoms with E-state index in [0.717, 1.165) is 116 Å². The second kappa shape index (κ2) is 12.5. The van der Waals surface area contributed by atoms with E-state index in [0.29, 0.717) is 0 Å².